The standard InChI is InChI=1S/C18H19ClN2O5/c1-11(13-4-2-3-6-20-13)26-15-9-16-14(8-12(15)19)21(7-5-18(23)24)17(22)10-25-16/h2-4,6,8-9,11,17,22H,5,7,10H2,1H3,(H,23,24)/t11-,17?/m1/s1. The van der Waals surface area contributed by atoms with Crippen LogP contribution in [-0.2, 0) is 4.79 Å². The van der Waals surface area contributed by atoms with Crippen LogP contribution in [0.25, 0.3) is 0 Å². The van der Waals surface area contributed by atoms with Gasteiger partial charge in [0.05, 0.1) is 22.8 Å². The van der Waals surface area contributed by atoms with E-state index in [0.717, 1.165) is 5.69 Å². The number of ether oxygens (including phenoxy) is 2. The van der Waals surface area contributed by atoms with E-state index in [-0.39, 0.29) is 25.7 Å². The molecule has 0 radical (unpaired) electrons. The maximum Gasteiger partial charge on any atom is 0.305 e. The molecule has 2 N–H and O–H groups in total. The lowest BCUT2D eigenvalue weighted by Crippen LogP contribution is -2.44. The largest absolute Gasteiger partial charge is 0.487 e. The van der Waals surface area contributed by atoms with Crippen LogP contribution in [0.3, 0.4) is 0 Å². The van der Waals surface area contributed by atoms with Crippen molar-refractivity contribution in [2.75, 3.05) is 18.1 Å². The van der Waals surface area contributed by atoms with Crippen LogP contribution in [0.1, 0.15) is 25.1 Å². The normalized spacial score (nSPS) is 17.2. The summed E-state index contributed by atoms with van der Waals surface area (Å²) in [6, 6.07) is 8.82. The summed E-state index contributed by atoms with van der Waals surface area (Å²) in [6.45, 7) is 2.04. The molecule has 0 spiro atoms. The Balaban J connectivity index is 1.84. The first-order valence-electron chi connectivity index (χ1n) is 8.16. The number of aliphatic carboxylic acids is 1. The fourth-order valence-corrected chi connectivity index (χ4v) is 2.92. The summed E-state index contributed by atoms with van der Waals surface area (Å²) >= 11 is 6.34. The van der Waals surface area contributed by atoms with E-state index in [1.165, 1.54) is 0 Å². The molecule has 1 aromatic carbocycles. The first-order valence-corrected chi connectivity index (χ1v) is 8.54. The van der Waals surface area contributed by atoms with Crippen molar-refractivity contribution in [3.8, 4) is 11.5 Å². The molecule has 0 saturated heterocycles. The van der Waals surface area contributed by atoms with Gasteiger partial charge < -0.3 is 24.6 Å². The van der Waals surface area contributed by atoms with Gasteiger partial charge in [0.15, 0.2) is 6.23 Å². The molecule has 8 heteroatoms. The number of aliphatic hydroxyl groups excluding tert-OH is 1. The molecule has 2 atom stereocenters. The number of anilines is 1. The third kappa shape index (κ3) is 4.00. The molecular weight excluding hydrogens is 360 g/mol. The molecule has 2 heterocycles. The summed E-state index contributed by atoms with van der Waals surface area (Å²) < 4.78 is 11.5. The molecule has 0 aliphatic carbocycles. The summed E-state index contributed by atoms with van der Waals surface area (Å²) in [5.41, 5.74) is 1.30. The summed E-state index contributed by atoms with van der Waals surface area (Å²) in [6.07, 6.45) is 0.332. The van der Waals surface area contributed by atoms with Crippen LogP contribution in [-0.4, -0.2) is 40.5 Å². The maximum atomic E-state index is 10.8. The number of hydrogen-bond donors (Lipinski definition) is 2. The lowest BCUT2D eigenvalue weighted by Gasteiger charge is -2.35. The topological polar surface area (TPSA) is 92.1 Å². The maximum absolute atomic E-state index is 10.8. The fourth-order valence-electron chi connectivity index (χ4n) is 2.72. The van der Waals surface area contributed by atoms with E-state index in [4.69, 9.17) is 26.2 Å². The summed E-state index contributed by atoms with van der Waals surface area (Å²) in [5, 5.41) is 19.3. The number of pyridine rings is 1. The first kappa shape index (κ1) is 18.3. The summed E-state index contributed by atoms with van der Waals surface area (Å²) in [5.74, 6) is -0.0352. The highest BCUT2D eigenvalue weighted by atomic mass is 35.5. The van der Waals surface area contributed by atoms with Gasteiger partial charge in [0.25, 0.3) is 0 Å². The monoisotopic (exact) mass is 378 g/mol. The van der Waals surface area contributed by atoms with Crippen LogP contribution in [0.2, 0.25) is 5.02 Å². The fraction of sp³-hybridized carbons (Fsp3) is 0.333. The lowest BCUT2D eigenvalue weighted by atomic mass is 10.2. The lowest BCUT2D eigenvalue weighted by molar-refractivity contribution is -0.136. The Labute approximate surface area is 155 Å². The Morgan fingerprint density at radius 2 is 2.31 bits per heavy atom. The first-order chi connectivity index (χ1) is 12.5. The number of carboxylic acid groups (broad SMARTS) is 1. The average molecular weight is 379 g/mol. The molecule has 26 heavy (non-hydrogen) atoms. The molecule has 3 rings (SSSR count). The van der Waals surface area contributed by atoms with Gasteiger partial charge in [-0.15, -0.1) is 0 Å². The second-order valence-corrected chi connectivity index (χ2v) is 6.30. The Kier molecular flexibility index (Phi) is 5.49. The van der Waals surface area contributed by atoms with Gasteiger partial charge >= 0.3 is 5.97 Å². The van der Waals surface area contributed by atoms with Crippen molar-refractivity contribution in [2.24, 2.45) is 0 Å². The van der Waals surface area contributed by atoms with Gasteiger partial charge in [-0.1, -0.05) is 17.7 Å². The zero-order chi connectivity index (χ0) is 18.7. The minimum Gasteiger partial charge on any atom is -0.487 e. The predicted octanol–water partition coefficient (Wildman–Crippen LogP) is 2.87. The van der Waals surface area contributed by atoms with Crippen molar-refractivity contribution < 1.29 is 24.5 Å². The number of aliphatic hydroxyl groups is 1. The van der Waals surface area contributed by atoms with Crippen molar-refractivity contribution in [1.29, 1.82) is 0 Å². The molecule has 0 fully saturated rings. The van der Waals surface area contributed by atoms with Gasteiger partial charge in [-0.25, -0.2) is 0 Å². The Bertz CT molecular complexity index is 787. The Hall–Kier alpha value is -2.51. The number of rotatable bonds is 6. The molecule has 7 nitrogen and oxygen atoms in total. The number of aromatic nitrogens is 1. The predicted molar refractivity (Wildman–Crippen MR) is 95.8 cm³/mol. The second-order valence-electron chi connectivity index (χ2n) is 5.89. The van der Waals surface area contributed by atoms with Crippen LogP contribution >= 0.6 is 11.6 Å². The van der Waals surface area contributed by atoms with E-state index in [1.54, 1.807) is 23.2 Å². The van der Waals surface area contributed by atoms with Crippen LogP contribution in [0.5, 0.6) is 11.5 Å². The minimum absolute atomic E-state index is 0.0312. The quantitative estimate of drug-likeness (QED) is 0.798. The van der Waals surface area contributed by atoms with Crippen LogP contribution < -0.4 is 14.4 Å². The molecule has 2 aromatic rings. The molecule has 1 aliphatic rings. The molecule has 1 aliphatic heterocycles. The Morgan fingerprint density at radius 1 is 1.50 bits per heavy atom. The number of halogens is 1. The molecule has 1 aromatic heterocycles. The van der Waals surface area contributed by atoms with Gasteiger partial charge in [0.1, 0.15) is 24.2 Å². The highest BCUT2D eigenvalue weighted by Crippen LogP contribution is 2.42. The second kappa shape index (κ2) is 7.80. The van der Waals surface area contributed by atoms with Crippen LogP contribution in [0.15, 0.2) is 36.5 Å². The third-order valence-corrected chi connectivity index (χ3v) is 4.34. The Morgan fingerprint density at radius 3 is 3.00 bits per heavy atom. The number of benzene rings is 1. The van der Waals surface area contributed by atoms with E-state index < -0.39 is 12.2 Å². The van der Waals surface area contributed by atoms with Crippen LogP contribution in [0, 0.1) is 0 Å². The molecule has 138 valence electrons. The number of nitrogens with zero attached hydrogens (tertiary/aromatic N) is 2. The molecule has 0 bridgehead atoms. The number of fused-ring (bicyclic) bond motifs is 1. The number of carbonyl (C=O) groups is 1. The van der Waals surface area contributed by atoms with E-state index in [1.807, 2.05) is 25.1 Å². The van der Waals surface area contributed by atoms with E-state index in [9.17, 15) is 9.90 Å². The zero-order valence-corrected chi connectivity index (χ0v) is 14.9. The van der Waals surface area contributed by atoms with E-state index in [0.29, 0.717) is 22.2 Å². The SMILES string of the molecule is C[C@@H](Oc1cc2c(cc1Cl)N(CCC(=O)O)C(O)CO2)c1ccccn1. The van der Waals surface area contributed by atoms with Crippen LogP contribution in [0.4, 0.5) is 5.69 Å². The van der Waals surface area contributed by atoms with Crippen molar-refractivity contribution in [2.45, 2.75) is 25.7 Å². The van der Waals surface area contributed by atoms with Crippen molar-refractivity contribution in [3.63, 3.8) is 0 Å². The smallest absolute Gasteiger partial charge is 0.305 e. The van der Waals surface area contributed by atoms with Crippen molar-refractivity contribution in [1.82, 2.24) is 4.98 Å². The van der Waals surface area contributed by atoms with E-state index in [2.05, 4.69) is 4.98 Å². The zero-order valence-electron chi connectivity index (χ0n) is 14.1. The molecule has 0 saturated carbocycles. The van der Waals surface area contributed by atoms with Crippen molar-refractivity contribution in [3.05, 3.63) is 47.2 Å². The highest BCUT2D eigenvalue weighted by Gasteiger charge is 2.28. The average Bonchev–Trinajstić information content (AvgIpc) is 2.62. The molecular formula is C18H19ClN2O5. The van der Waals surface area contributed by atoms with Gasteiger partial charge in [0, 0.05) is 18.8 Å². The van der Waals surface area contributed by atoms with Gasteiger partial charge in [-0.05, 0) is 25.1 Å². The third-order valence-electron chi connectivity index (χ3n) is 4.05. The highest BCUT2D eigenvalue weighted by molar-refractivity contribution is 6.32. The van der Waals surface area contributed by atoms with E-state index >= 15 is 0 Å². The van der Waals surface area contributed by atoms with Gasteiger partial charge in [-0.3, -0.25) is 9.78 Å². The molecule has 1 unspecified atom stereocenters. The number of hydrogen-bond acceptors (Lipinski definition) is 6. The van der Waals surface area contributed by atoms with Crippen molar-refractivity contribution >= 4 is 23.3 Å². The molecule has 0 amide bonds. The summed E-state index contributed by atoms with van der Waals surface area (Å²) in [7, 11) is 0. The number of carboxylic acids is 1. The van der Waals surface area contributed by atoms with Gasteiger partial charge in [0.2, 0.25) is 0 Å². The minimum atomic E-state index is -0.944. The summed E-state index contributed by atoms with van der Waals surface area (Å²) in [4.78, 5) is 16.7. The van der Waals surface area contributed by atoms with Gasteiger partial charge in [-0.2, -0.15) is 0 Å².